The summed E-state index contributed by atoms with van der Waals surface area (Å²) in [5.41, 5.74) is 2.29. The van der Waals surface area contributed by atoms with Crippen LogP contribution >= 0.6 is 0 Å². The van der Waals surface area contributed by atoms with Crippen molar-refractivity contribution in [2.24, 2.45) is 0 Å². The van der Waals surface area contributed by atoms with Crippen molar-refractivity contribution in [3.8, 4) is 11.4 Å². The summed E-state index contributed by atoms with van der Waals surface area (Å²) in [5, 5.41) is 11.9. The highest BCUT2D eigenvalue weighted by Crippen LogP contribution is 2.22. The van der Waals surface area contributed by atoms with Crippen molar-refractivity contribution < 1.29 is 0 Å². The zero-order chi connectivity index (χ0) is 11.0. The minimum absolute atomic E-state index is 0.827. The monoisotopic (exact) mass is 218 g/mol. The van der Waals surface area contributed by atoms with Crippen LogP contribution in [-0.2, 0) is 19.6 Å². The number of aromatic nitrogens is 5. The molecule has 0 unspecified atom stereocenters. The molecule has 0 atom stereocenters. The van der Waals surface area contributed by atoms with E-state index in [2.05, 4.69) is 27.4 Å². The first-order chi connectivity index (χ1) is 7.90. The standard InChI is InChI=1S/C10H14N6/c1-2-15-10(12-7-14-15)8-5-13-16-4-3-11-6-9(8)16/h5,7,11H,2-4,6H2,1H3. The number of hydrogen-bond acceptors (Lipinski definition) is 4. The molecule has 3 heterocycles. The van der Waals surface area contributed by atoms with Gasteiger partial charge in [-0.1, -0.05) is 0 Å². The van der Waals surface area contributed by atoms with Crippen molar-refractivity contribution in [1.82, 2.24) is 29.9 Å². The normalized spacial score (nSPS) is 15.1. The van der Waals surface area contributed by atoms with E-state index >= 15 is 0 Å². The van der Waals surface area contributed by atoms with Crippen molar-refractivity contribution in [3.05, 3.63) is 18.2 Å². The second-order valence-corrected chi connectivity index (χ2v) is 3.80. The summed E-state index contributed by atoms with van der Waals surface area (Å²) < 4.78 is 3.94. The Kier molecular flexibility index (Phi) is 2.21. The molecule has 0 saturated carbocycles. The van der Waals surface area contributed by atoms with E-state index in [1.165, 1.54) is 5.69 Å². The van der Waals surface area contributed by atoms with Crippen molar-refractivity contribution in [3.63, 3.8) is 0 Å². The van der Waals surface area contributed by atoms with Crippen molar-refractivity contribution in [1.29, 1.82) is 0 Å². The summed E-state index contributed by atoms with van der Waals surface area (Å²) in [6, 6.07) is 0. The number of hydrogen-bond donors (Lipinski definition) is 1. The third kappa shape index (κ3) is 1.34. The molecule has 16 heavy (non-hydrogen) atoms. The fourth-order valence-corrected chi connectivity index (χ4v) is 2.07. The van der Waals surface area contributed by atoms with E-state index in [9.17, 15) is 0 Å². The number of aryl methyl sites for hydroxylation is 1. The van der Waals surface area contributed by atoms with Crippen LogP contribution in [0.5, 0.6) is 0 Å². The van der Waals surface area contributed by atoms with Crippen molar-refractivity contribution in [2.45, 2.75) is 26.6 Å². The first-order valence-corrected chi connectivity index (χ1v) is 5.53. The molecule has 0 saturated heterocycles. The highest BCUT2D eigenvalue weighted by atomic mass is 15.3. The second-order valence-electron chi connectivity index (χ2n) is 3.80. The van der Waals surface area contributed by atoms with Crippen LogP contribution in [0.1, 0.15) is 12.6 Å². The van der Waals surface area contributed by atoms with E-state index in [0.29, 0.717) is 0 Å². The van der Waals surface area contributed by atoms with Gasteiger partial charge in [0.2, 0.25) is 0 Å². The van der Waals surface area contributed by atoms with Crippen molar-refractivity contribution >= 4 is 0 Å². The molecule has 6 heteroatoms. The van der Waals surface area contributed by atoms with Gasteiger partial charge in [0.15, 0.2) is 5.82 Å². The number of nitrogens with one attached hydrogen (secondary N) is 1. The van der Waals surface area contributed by atoms with E-state index in [0.717, 1.165) is 37.6 Å². The van der Waals surface area contributed by atoms with E-state index in [1.54, 1.807) is 6.33 Å². The van der Waals surface area contributed by atoms with Crippen LogP contribution in [0.15, 0.2) is 12.5 Å². The maximum absolute atomic E-state index is 4.38. The first-order valence-electron chi connectivity index (χ1n) is 5.53. The smallest absolute Gasteiger partial charge is 0.161 e. The molecule has 84 valence electrons. The van der Waals surface area contributed by atoms with Gasteiger partial charge in [0.05, 0.1) is 24.0 Å². The predicted molar refractivity (Wildman–Crippen MR) is 58.6 cm³/mol. The molecule has 6 nitrogen and oxygen atoms in total. The summed E-state index contributed by atoms with van der Waals surface area (Å²) in [4.78, 5) is 4.31. The van der Waals surface area contributed by atoms with Gasteiger partial charge in [-0.05, 0) is 6.92 Å². The molecule has 0 fully saturated rings. The maximum atomic E-state index is 4.38. The summed E-state index contributed by atoms with van der Waals surface area (Å²) in [7, 11) is 0. The van der Waals surface area contributed by atoms with Gasteiger partial charge in [-0.3, -0.25) is 4.68 Å². The Bertz CT molecular complexity index is 497. The average molecular weight is 218 g/mol. The van der Waals surface area contributed by atoms with Crippen LogP contribution in [0.4, 0.5) is 0 Å². The molecule has 3 rings (SSSR count). The fourth-order valence-electron chi connectivity index (χ4n) is 2.07. The molecule has 0 radical (unpaired) electrons. The van der Waals surface area contributed by atoms with Crippen LogP contribution in [0.2, 0.25) is 0 Å². The first kappa shape index (κ1) is 9.53. The molecule has 0 amide bonds. The molecular formula is C10H14N6. The Hall–Kier alpha value is -1.69. The number of fused-ring (bicyclic) bond motifs is 1. The van der Waals surface area contributed by atoms with E-state index < -0.39 is 0 Å². The lowest BCUT2D eigenvalue weighted by Crippen LogP contribution is -2.28. The lowest BCUT2D eigenvalue weighted by molar-refractivity contribution is 0.476. The van der Waals surface area contributed by atoms with Gasteiger partial charge in [-0.2, -0.15) is 10.2 Å². The van der Waals surface area contributed by atoms with Gasteiger partial charge in [-0.15, -0.1) is 0 Å². The second kappa shape index (κ2) is 3.71. The third-order valence-corrected chi connectivity index (χ3v) is 2.90. The number of nitrogens with zero attached hydrogens (tertiary/aromatic N) is 5. The minimum atomic E-state index is 0.827. The topological polar surface area (TPSA) is 60.6 Å². The molecule has 1 N–H and O–H groups in total. The molecule has 1 aliphatic heterocycles. The van der Waals surface area contributed by atoms with Gasteiger partial charge in [0, 0.05) is 19.6 Å². The fraction of sp³-hybridized carbons (Fsp3) is 0.500. The average Bonchev–Trinajstić information content (AvgIpc) is 2.94. The van der Waals surface area contributed by atoms with Gasteiger partial charge >= 0.3 is 0 Å². The minimum Gasteiger partial charge on any atom is -0.309 e. The molecule has 0 aromatic carbocycles. The lowest BCUT2D eigenvalue weighted by atomic mass is 10.2. The number of rotatable bonds is 2. The zero-order valence-electron chi connectivity index (χ0n) is 9.22. The summed E-state index contributed by atoms with van der Waals surface area (Å²) >= 11 is 0. The summed E-state index contributed by atoms with van der Waals surface area (Å²) in [5.74, 6) is 0.910. The molecular weight excluding hydrogens is 204 g/mol. The van der Waals surface area contributed by atoms with Crippen LogP contribution in [-0.4, -0.2) is 31.1 Å². The SMILES string of the molecule is CCn1ncnc1-c1cnn2c1CNCC2. The van der Waals surface area contributed by atoms with Crippen LogP contribution in [0.3, 0.4) is 0 Å². The van der Waals surface area contributed by atoms with Crippen LogP contribution in [0.25, 0.3) is 11.4 Å². The largest absolute Gasteiger partial charge is 0.309 e. The quantitative estimate of drug-likeness (QED) is 0.785. The molecule has 0 spiro atoms. The summed E-state index contributed by atoms with van der Waals surface area (Å²) in [6.45, 7) is 5.65. The summed E-state index contributed by atoms with van der Waals surface area (Å²) in [6.07, 6.45) is 3.48. The lowest BCUT2D eigenvalue weighted by Gasteiger charge is -2.15. The molecule has 2 aromatic rings. The van der Waals surface area contributed by atoms with Crippen LogP contribution < -0.4 is 5.32 Å². The van der Waals surface area contributed by atoms with Gasteiger partial charge in [0.25, 0.3) is 0 Å². The maximum Gasteiger partial charge on any atom is 0.161 e. The Labute approximate surface area is 93.3 Å². The Balaban J connectivity index is 2.09. The Morgan fingerprint density at radius 1 is 1.44 bits per heavy atom. The zero-order valence-corrected chi connectivity index (χ0v) is 9.22. The molecule has 1 aliphatic rings. The molecule has 0 aliphatic carbocycles. The van der Waals surface area contributed by atoms with E-state index in [-0.39, 0.29) is 0 Å². The predicted octanol–water partition coefficient (Wildman–Crippen LogP) is 0.265. The molecule has 0 bridgehead atoms. The van der Waals surface area contributed by atoms with E-state index in [4.69, 9.17) is 0 Å². The highest BCUT2D eigenvalue weighted by molar-refractivity contribution is 5.57. The van der Waals surface area contributed by atoms with Crippen molar-refractivity contribution in [2.75, 3.05) is 6.54 Å². The van der Waals surface area contributed by atoms with Crippen LogP contribution in [0, 0.1) is 0 Å². The van der Waals surface area contributed by atoms with Gasteiger partial charge < -0.3 is 5.32 Å². The van der Waals surface area contributed by atoms with Gasteiger partial charge in [0.1, 0.15) is 6.33 Å². The highest BCUT2D eigenvalue weighted by Gasteiger charge is 2.18. The third-order valence-electron chi connectivity index (χ3n) is 2.90. The van der Waals surface area contributed by atoms with Gasteiger partial charge in [-0.25, -0.2) is 9.67 Å². The Morgan fingerprint density at radius 3 is 3.25 bits per heavy atom. The van der Waals surface area contributed by atoms with E-state index in [1.807, 2.05) is 15.6 Å². The molecule has 2 aromatic heterocycles. The Morgan fingerprint density at radius 2 is 2.38 bits per heavy atom.